The van der Waals surface area contributed by atoms with E-state index in [4.69, 9.17) is 28.6 Å². The van der Waals surface area contributed by atoms with Crippen LogP contribution in [-0.2, 0) is 0 Å². The number of aromatic nitrogens is 1. The van der Waals surface area contributed by atoms with Crippen molar-refractivity contribution in [1.29, 1.82) is 5.41 Å². The molecule has 0 aliphatic rings. The molecular weight excluding hydrogens is 367 g/mol. The molecule has 0 aliphatic carbocycles. The van der Waals surface area contributed by atoms with Crippen molar-refractivity contribution in [2.24, 2.45) is 0 Å². The molecule has 1 unspecified atom stereocenters. The zero-order valence-electron chi connectivity index (χ0n) is 13.7. The van der Waals surface area contributed by atoms with Gasteiger partial charge in [-0.3, -0.25) is 10.4 Å². The van der Waals surface area contributed by atoms with Crippen LogP contribution in [0.15, 0.2) is 78.6 Å². The van der Waals surface area contributed by atoms with Gasteiger partial charge in [0.2, 0.25) is 0 Å². The van der Waals surface area contributed by atoms with E-state index in [2.05, 4.69) is 4.98 Å². The monoisotopic (exact) mass is 382 g/mol. The molecule has 2 aromatic carbocycles. The van der Waals surface area contributed by atoms with Crippen molar-refractivity contribution < 1.29 is 5.11 Å². The Bertz CT molecular complexity index is 955. The van der Waals surface area contributed by atoms with E-state index in [1.54, 1.807) is 60.9 Å². The van der Waals surface area contributed by atoms with Crippen LogP contribution in [0, 0.1) is 5.41 Å². The molecule has 3 aromatic rings. The van der Waals surface area contributed by atoms with Gasteiger partial charge in [-0.2, -0.15) is 0 Å². The molecule has 0 radical (unpaired) electrons. The first-order chi connectivity index (χ1) is 12.6. The number of halogens is 2. The maximum atomic E-state index is 10.9. The molecule has 0 saturated carbocycles. The number of aliphatic hydroxyl groups excluding tert-OH is 1. The van der Waals surface area contributed by atoms with E-state index in [1.165, 1.54) is 0 Å². The van der Waals surface area contributed by atoms with Crippen molar-refractivity contribution in [3.63, 3.8) is 0 Å². The first kappa shape index (κ1) is 18.3. The summed E-state index contributed by atoms with van der Waals surface area (Å²) in [5, 5.41) is 20.6. The highest BCUT2D eigenvalue weighted by atomic mass is 35.5. The van der Waals surface area contributed by atoms with Crippen molar-refractivity contribution in [1.82, 2.24) is 4.98 Å². The van der Waals surface area contributed by atoms with Crippen LogP contribution in [0.25, 0.3) is 6.08 Å². The van der Waals surface area contributed by atoms with Gasteiger partial charge in [-0.25, -0.2) is 0 Å². The largest absolute Gasteiger partial charge is 0.384 e. The van der Waals surface area contributed by atoms with E-state index in [0.29, 0.717) is 26.7 Å². The third-order valence-corrected chi connectivity index (χ3v) is 4.46. The predicted octanol–water partition coefficient (Wildman–Crippen LogP) is 5.57. The van der Waals surface area contributed by atoms with Gasteiger partial charge in [-0.05, 0) is 35.9 Å². The topological polar surface area (TPSA) is 57.0 Å². The molecule has 0 saturated heterocycles. The summed E-state index contributed by atoms with van der Waals surface area (Å²) in [6, 6.07) is 17.8. The second kappa shape index (κ2) is 8.28. The van der Waals surface area contributed by atoms with E-state index in [9.17, 15) is 5.11 Å². The minimum Gasteiger partial charge on any atom is -0.384 e. The maximum absolute atomic E-state index is 10.9. The van der Waals surface area contributed by atoms with Crippen LogP contribution < -0.4 is 0 Å². The Hall–Kier alpha value is -2.46. The van der Waals surface area contributed by atoms with Crippen LogP contribution in [0.3, 0.4) is 0 Å². The summed E-state index contributed by atoms with van der Waals surface area (Å²) in [7, 11) is 0. The van der Waals surface area contributed by atoms with Gasteiger partial charge in [-0.15, -0.1) is 0 Å². The molecule has 0 aliphatic heterocycles. The van der Waals surface area contributed by atoms with Gasteiger partial charge >= 0.3 is 0 Å². The van der Waals surface area contributed by atoms with Gasteiger partial charge < -0.3 is 5.11 Å². The molecule has 1 aromatic heterocycles. The highest BCUT2D eigenvalue weighted by Crippen LogP contribution is 2.29. The van der Waals surface area contributed by atoms with Crippen molar-refractivity contribution >= 4 is 35.0 Å². The van der Waals surface area contributed by atoms with Gasteiger partial charge in [0.15, 0.2) is 0 Å². The number of pyridine rings is 1. The van der Waals surface area contributed by atoms with Gasteiger partial charge in [0.1, 0.15) is 6.10 Å². The standard InChI is InChI=1S/C21H16Cl2N2O/c22-16-7-3-5-14(11-16)12-18(21(26)15-6-4-10-25-13-15)20(24)17-8-1-2-9-19(17)23/h1-13,21,24,26H. The van der Waals surface area contributed by atoms with Gasteiger partial charge in [0, 0.05) is 39.1 Å². The predicted molar refractivity (Wildman–Crippen MR) is 107 cm³/mol. The second-order valence-corrected chi connectivity index (χ2v) is 6.54. The summed E-state index contributed by atoms with van der Waals surface area (Å²) in [4.78, 5) is 4.05. The molecule has 1 heterocycles. The van der Waals surface area contributed by atoms with Crippen LogP contribution in [-0.4, -0.2) is 15.8 Å². The summed E-state index contributed by atoms with van der Waals surface area (Å²) in [6.45, 7) is 0. The van der Waals surface area contributed by atoms with E-state index >= 15 is 0 Å². The normalized spacial score (nSPS) is 12.7. The fourth-order valence-corrected chi connectivity index (χ4v) is 3.03. The van der Waals surface area contributed by atoms with Gasteiger partial charge in [0.25, 0.3) is 0 Å². The van der Waals surface area contributed by atoms with Gasteiger partial charge in [0.05, 0.1) is 5.71 Å². The lowest BCUT2D eigenvalue weighted by Crippen LogP contribution is -2.13. The van der Waals surface area contributed by atoms with E-state index in [0.717, 1.165) is 5.56 Å². The lowest BCUT2D eigenvalue weighted by Gasteiger charge is -2.17. The van der Waals surface area contributed by atoms with Crippen molar-refractivity contribution in [2.75, 3.05) is 0 Å². The summed E-state index contributed by atoms with van der Waals surface area (Å²) >= 11 is 12.3. The quantitative estimate of drug-likeness (QED) is 0.566. The first-order valence-corrected chi connectivity index (χ1v) is 8.71. The Balaban J connectivity index is 2.10. The molecular formula is C21H16Cl2N2O. The van der Waals surface area contributed by atoms with Crippen LogP contribution in [0.4, 0.5) is 0 Å². The number of nitrogens with one attached hydrogen (secondary N) is 1. The van der Waals surface area contributed by atoms with Crippen molar-refractivity contribution in [3.8, 4) is 0 Å². The Morgan fingerprint density at radius 1 is 1.04 bits per heavy atom. The number of benzene rings is 2. The third-order valence-electron chi connectivity index (χ3n) is 3.90. The lowest BCUT2D eigenvalue weighted by atomic mass is 9.92. The molecule has 3 nitrogen and oxygen atoms in total. The fraction of sp³-hybridized carbons (Fsp3) is 0.0476. The highest BCUT2D eigenvalue weighted by Gasteiger charge is 2.20. The van der Waals surface area contributed by atoms with E-state index in [-0.39, 0.29) is 5.71 Å². The molecule has 26 heavy (non-hydrogen) atoms. The molecule has 0 spiro atoms. The van der Waals surface area contributed by atoms with Crippen LogP contribution >= 0.6 is 23.2 Å². The Labute approximate surface area is 162 Å². The molecule has 2 N–H and O–H groups in total. The number of hydrogen-bond acceptors (Lipinski definition) is 3. The molecule has 0 amide bonds. The summed E-state index contributed by atoms with van der Waals surface area (Å²) in [5.41, 5.74) is 2.48. The summed E-state index contributed by atoms with van der Waals surface area (Å²) < 4.78 is 0. The third kappa shape index (κ3) is 4.20. The van der Waals surface area contributed by atoms with E-state index in [1.807, 2.05) is 18.2 Å². The SMILES string of the molecule is N=C(C(=Cc1cccc(Cl)c1)C(O)c1cccnc1)c1ccccc1Cl. The summed E-state index contributed by atoms with van der Waals surface area (Å²) in [5.74, 6) is 0. The van der Waals surface area contributed by atoms with Crippen molar-refractivity contribution in [3.05, 3.63) is 105 Å². The zero-order valence-corrected chi connectivity index (χ0v) is 15.2. The molecule has 0 bridgehead atoms. The molecule has 0 fully saturated rings. The average molecular weight is 383 g/mol. The van der Waals surface area contributed by atoms with Crippen LogP contribution in [0.2, 0.25) is 10.0 Å². The fourth-order valence-electron chi connectivity index (χ4n) is 2.60. The minimum atomic E-state index is -1.02. The lowest BCUT2D eigenvalue weighted by molar-refractivity contribution is 0.222. The number of nitrogens with zero attached hydrogens (tertiary/aromatic N) is 1. The average Bonchev–Trinajstić information content (AvgIpc) is 2.66. The zero-order chi connectivity index (χ0) is 18.5. The Kier molecular flexibility index (Phi) is 5.84. The minimum absolute atomic E-state index is 0.145. The number of aliphatic hydroxyl groups is 1. The smallest absolute Gasteiger partial charge is 0.108 e. The van der Waals surface area contributed by atoms with E-state index < -0.39 is 6.10 Å². The summed E-state index contributed by atoms with van der Waals surface area (Å²) in [6.07, 6.45) is 3.94. The Morgan fingerprint density at radius 3 is 2.54 bits per heavy atom. The molecule has 130 valence electrons. The molecule has 1 atom stereocenters. The van der Waals surface area contributed by atoms with Crippen LogP contribution in [0.5, 0.6) is 0 Å². The highest BCUT2D eigenvalue weighted by molar-refractivity contribution is 6.35. The van der Waals surface area contributed by atoms with Crippen LogP contribution in [0.1, 0.15) is 22.8 Å². The number of rotatable bonds is 5. The molecule has 5 heteroatoms. The maximum Gasteiger partial charge on any atom is 0.108 e. The molecule has 3 rings (SSSR count). The Morgan fingerprint density at radius 2 is 1.85 bits per heavy atom. The van der Waals surface area contributed by atoms with Crippen molar-refractivity contribution in [2.45, 2.75) is 6.10 Å². The van der Waals surface area contributed by atoms with Gasteiger partial charge in [-0.1, -0.05) is 59.6 Å². The number of hydrogen-bond donors (Lipinski definition) is 2. The second-order valence-electron chi connectivity index (χ2n) is 5.70. The first-order valence-electron chi connectivity index (χ1n) is 7.95.